The zero-order valence-electron chi connectivity index (χ0n) is 10.5. The van der Waals surface area contributed by atoms with E-state index >= 15 is 0 Å². The molecule has 2 atom stereocenters. The maximum absolute atomic E-state index is 11.4. The van der Waals surface area contributed by atoms with Crippen molar-refractivity contribution in [3.05, 3.63) is 0 Å². The molecular weight excluding hydrogens is 208 g/mol. The van der Waals surface area contributed by atoms with Crippen molar-refractivity contribution in [2.24, 2.45) is 0 Å². The Balaban J connectivity index is 2.25. The van der Waals surface area contributed by atoms with Crippen LogP contribution in [0.2, 0.25) is 0 Å². The van der Waals surface area contributed by atoms with Crippen LogP contribution in [0.5, 0.6) is 0 Å². The topological polar surface area (TPSA) is 59.6 Å². The number of hydrogen-bond acceptors (Lipinski definition) is 4. The molecule has 94 valence electrons. The highest BCUT2D eigenvalue weighted by Crippen LogP contribution is 2.12. The predicted octanol–water partition coefficient (Wildman–Crippen LogP) is 1.58. The fraction of sp³-hybridized carbons (Fsp3) is 0.909. The first-order valence-electron chi connectivity index (χ1n) is 5.74. The molecule has 0 bridgehead atoms. The van der Waals surface area contributed by atoms with Crippen molar-refractivity contribution in [3.63, 3.8) is 0 Å². The van der Waals surface area contributed by atoms with Crippen molar-refractivity contribution in [2.75, 3.05) is 6.61 Å². The largest absolute Gasteiger partial charge is 0.443 e. The second kappa shape index (κ2) is 5.50. The zero-order chi connectivity index (χ0) is 12.2. The highest BCUT2D eigenvalue weighted by Gasteiger charge is 2.23. The van der Waals surface area contributed by atoms with E-state index in [-0.39, 0.29) is 12.1 Å². The van der Waals surface area contributed by atoms with Gasteiger partial charge in [0.15, 0.2) is 0 Å². The molecule has 5 heteroatoms. The number of carbonyl (C=O) groups is 1. The van der Waals surface area contributed by atoms with Gasteiger partial charge in [-0.25, -0.2) is 10.2 Å². The van der Waals surface area contributed by atoms with Crippen LogP contribution in [0.15, 0.2) is 0 Å². The van der Waals surface area contributed by atoms with Gasteiger partial charge in [0, 0.05) is 6.61 Å². The predicted molar refractivity (Wildman–Crippen MR) is 60.9 cm³/mol. The average molecular weight is 230 g/mol. The highest BCUT2D eigenvalue weighted by molar-refractivity contribution is 5.67. The molecule has 1 aliphatic rings. The van der Waals surface area contributed by atoms with Crippen LogP contribution >= 0.6 is 0 Å². The molecule has 16 heavy (non-hydrogen) atoms. The Morgan fingerprint density at radius 3 is 2.69 bits per heavy atom. The van der Waals surface area contributed by atoms with Crippen molar-refractivity contribution < 1.29 is 14.3 Å². The number of hydrogen-bond donors (Lipinski definition) is 2. The second-order valence-electron chi connectivity index (χ2n) is 5.10. The molecule has 1 amide bonds. The van der Waals surface area contributed by atoms with E-state index in [9.17, 15) is 4.79 Å². The Labute approximate surface area is 96.8 Å². The summed E-state index contributed by atoms with van der Waals surface area (Å²) in [4.78, 5) is 11.4. The lowest BCUT2D eigenvalue weighted by atomic mass is 10.1. The van der Waals surface area contributed by atoms with Crippen LogP contribution in [0.4, 0.5) is 4.79 Å². The number of hydrazine groups is 1. The molecule has 5 nitrogen and oxygen atoms in total. The van der Waals surface area contributed by atoms with Gasteiger partial charge in [0.2, 0.25) is 0 Å². The molecule has 1 saturated heterocycles. The number of nitrogens with one attached hydrogen (secondary N) is 2. The van der Waals surface area contributed by atoms with Crippen LogP contribution in [0, 0.1) is 0 Å². The molecule has 1 heterocycles. The van der Waals surface area contributed by atoms with E-state index in [0.29, 0.717) is 0 Å². The van der Waals surface area contributed by atoms with Gasteiger partial charge in [0.1, 0.15) is 5.60 Å². The molecule has 0 unspecified atom stereocenters. The minimum Gasteiger partial charge on any atom is -0.443 e. The molecule has 0 aliphatic carbocycles. The third-order valence-electron chi connectivity index (χ3n) is 2.37. The van der Waals surface area contributed by atoms with E-state index in [1.165, 1.54) is 0 Å². The molecule has 1 aliphatic heterocycles. The van der Waals surface area contributed by atoms with Gasteiger partial charge in [-0.2, -0.15) is 0 Å². The van der Waals surface area contributed by atoms with Crippen LogP contribution in [-0.2, 0) is 9.47 Å². The molecule has 0 aromatic heterocycles. The van der Waals surface area contributed by atoms with E-state index in [1.54, 1.807) is 0 Å². The summed E-state index contributed by atoms with van der Waals surface area (Å²) in [6.07, 6.45) is 1.67. The van der Waals surface area contributed by atoms with Crippen molar-refractivity contribution in [3.8, 4) is 0 Å². The van der Waals surface area contributed by atoms with Crippen molar-refractivity contribution in [2.45, 2.75) is 58.3 Å². The first kappa shape index (κ1) is 13.3. The quantitative estimate of drug-likeness (QED) is 0.707. The summed E-state index contributed by atoms with van der Waals surface area (Å²) < 4.78 is 10.6. The molecule has 0 aromatic rings. The fourth-order valence-electron chi connectivity index (χ4n) is 1.57. The Morgan fingerprint density at radius 1 is 1.44 bits per heavy atom. The Hall–Kier alpha value is -0.810. The lowest BCUT2D eigenvalue weighted by Gasteiger charge is -2.30. The Kier molecular flexibility index (Phi) is 4.56. The van der Waals surface area contributed by atoms with E-state index in [0.717, 1.165) is 19.4 Å². The van der Waals surface area contributed by atoms with Gasteiger partial charge in [-0.15, -0.1) is 0 Å². The van der Waals surface area contributed by atoms with Crippen molar-refractivity contribution >= 4 is 6.09 Å². The SMILES string of the molecule is C[C@@H]1OCCC[C@@H]1NNC(=O)OC(C)(C)C. The zero-order valence-corrected chi connectivity index (χ0v) is 10.5. The van der Waals surface area contributed by atoms with Crippen LogP contribution in [0.3, 0.4) is 0 Å². The molecule has 0 saturated carbocycles. The fourth-order valence-corrected chi connectivity index (χ4v) is 1.57. The van der Waals surface area contributed by atoms with Gasteiger partial charge in [0.05, 0.1) is 12.1 Å². The van der Waals surface area contributed by atoms with E-state index in [1.807, 2.05) is 27.7 Å². The second-order valence-corrected chi connectivity index (χ2v) is 5.10. The van der Waals surface area contributed by atoms with Gasteiger partial charge < -0.3 is 9.47 Å². The molecular formula is C11H22N2O3. The van der Waals surface area contributed by atoms with Crippen LogP contribution in [-0.4, -0.2) is 30.4 Å². The highest BCUT2D eigenvalue weighted by atomic mass is 16.6. The summed E-state index contributed by atoms with van der Waals surface area (Å²) >= 11 is 0. The van der Waals surface area contributed by atoms with Gasteiger partial charge in [-0.05, 0) is 40.5 Å². The van der Waals surface area contributed by atoms with Gasteiger partial charge in [0.25, 0.3) is 0 Å². The molecule has 1 rings (SSSR count). The summed E-state index contributed by atoms with van der Waals surface area (Å²) in [5.74, 6) is 0. The van der Waals surface area contributed by atoms with Gasteiger partial charge >= 0.3 is 6.09 Å². The third kappa shape index (κ3) is 4.81. The van der Waals surface area contributed by atoms with Crippen LogP contribution in [0.1, 0.15) is 40.5 Å². The maximum atomic E-state index is 11.4. The number of ether oxygens (including phenoxy) is 2. The minimum absolute atomic E-state index is 0.115. The van der Waals surface area contributed by atoms with E-state index in [2.05, 4.69) is 10.9 Å². The number of amides is 1. The summed E-state index contributed by atoms with van der Waals surface area (Å²) in [7, 11) is 0. The monoisotopic (exact) mass is 230 g/mol. The van der Waals surface area contributed by atoms with E-state index < -0.39 is 11.7 Å². The molecule has 2 N–H and O–H groups in total. The molecule has 1 fully saturated rings. The molecule has 0 radical (unpaired) electrons. The van der Waals surface area contributed by atoms with Crippen LogP contribution in [0.25, 0.3) is 0 Å². The Morgan fingerprint density at radius 2 is 2.12 bits per heavy atom. The lowest BCUT2D eigenvalue weighted by Crippen LogP contribution is -2.52. The average Bonchev–Trinajstić information content (AvgIpc) is 2.14. The van der Waals surface area contributed by atoms with Gasteiger partial charge in [-0.1, -0.05) is 0 Å². The molecule has 0 spiro atoms. The maximum Gasteiger partial charge on any atom is 0.422 e. The van der Waals surface area contributed by atoms with Gasteiger partial charge in [-0.3, -0.25) is 5.43 Å². The normalized spacial score (nSPS) is 26.2. The lowest BCUT2D eigenvalue weighted by molar-refractivity contribution is -0.00420. The van der Waals surface area contributed by atoms with Crippen LogP contribution < -0.4 is 10.9 Å². The minimum atomic E-state index is -0.472. The van der Waals surface area contributed by atoms with E-state index in [4.69, 9.17) is 9.47 Å². The van der Waals surface area contributed by atoms with Crippen molar-refractivity contribution in [1.82, 2.24) is 10.9 Å². The standard InChI is InChI=1S/C11H22N2O3/c1-8-9(6-5-7-15-8)12-13-10(14)16-11(2,3)4/h8-9,12H,5-7H2,1-4H3,(H,13,14)/t8-,9-/m0/s1. The Bertz CT molecular complexity index is 238. The smallest absolute Gasteiger partial charge is 0.422 e. The summed E-state index contributed by atoms with van der Waals surface area (Å²) in [6.45, 7) is 8.29. The third-order valence-corrected chi connectivity index (χ3v) is 2.37. The first-order valence-corrected chi connectivity index (χ1v) is 5.74. The summed E-state index contributed by atoms with van der Waals surface area (Å²) in [5, 5.41) is 0. The molecule has 0 aromatic carbocycles. The number of carbonyl (C=O) groups excluding carboxylic acids is 1. The summed E-state index contributed by atoms with van der Waals surface area (Å²) in [5.41, 5.74) is 5.02. The first-order chi connectivity index (χ1) is 7.38. The van der Waals surface area contributed by atoms with Crippen molar-refractivity contribution in [1.29, 1.82) is 0 Å². The number of rotatable bonds is 2. The summed E-state index contributed by atoms with van der Waals surface area (Å²) in [6, 6.07) is 0.154.